The number of non-ortho nitro benzene ring substituents is 1. The second-order valence-corrected chi connectivity index (χ2v) is 3.49. The number of halogens is 1. The fraction of sp³-hybridized carbons (Fsp3) is 0. The Bertz CT molecular complexity index is 541. The fourth-order valence-corrected chi connectivity index (χ4v) is 1.26. The molecule has 0 radical (unpaired) electrons. The molecule has 18 heavy (non-hydrogen) atoms. The quantitative estimate of drug-likeness (QED) is 0.493. The van der Waals surface area contributed by atoms with Gasteiger partial charge in [-0.15, -0.1) is 0 Å². The zero-order valence-corrected chi connectivity index (χ0v) is 9.55. The summed E-state index contributed by atoms with van der Waals surface area (Å²) in [7, 11) is 0. The molecular formula is C10H7ClN2O5. The minimum Gasteiger partial charge on any atom is -0.478 e. The topological polar surface area (TPSA) is 110 Å². The van der Waals surface area contributed by atoms with Gasteiger partial charge in [-0.3, -0.25) is 14.9 Å². The Morgan fingerprint density at radius 1 is 1.39 bits per heavy atom. The van der Waals surface area contributed by atoms with E-state index < -0.39 is 16.8 Å². The van der Waals surface area contributed by atoms with E-state index in [1.54, 1.807) is 0 Å². The molecule has 1 aromatic rings. The van der Waals surface area contributed by atoms with Gasteiger partial charge in [-0.05, 0) is 6.07 Å². The number of amides is 1. The van der Waals surface area contributed by atoms with E-state index >= 15 is 0 Å². The lowest BCUT2D eigenvalue weighted by molar-refractivity contribution is -0.384. The van der Waals surface area contributed by atoms with Crippen LogP contribution < -0.4 is 5.32 Å². The van der Waals surface area contributed by atoms with Crippen molar-refractivity contribution in [2.45, 2.75) is 0 Å². The number of anilines is 1. The monoisotopic (exact) mass is 270 g/mol. The molecule has 1 amide bonds. The van der Waals surface area contributed by atoms with Gasteiger partial charge in [0.05, 0.1) is 15.6 Å². The number of nitro groups is 1. The molecule has 0 saturated heterocycles. The number of carboxylic acid groups (broad SMARTS) is 1. The molecule has 0 bridgehead atoms. The largest absolute Gasteiger partial charge is 0.478 e. The van der Waals surface area contributed by atoms with Gasteiger partial charge in [0.1, 0.15) is 0 Å². The van der Waals surface area contributed by atoms with Crippen molar-refractivity contribution in [2.24, 2.45) is 0 Å². The number of hydrogen-bond donors (Lipinski definition) is 2. The Labute approximate surface area is 106 Å². The minimum atomic E-state index is -1.26. The second kappa shape index (κ2) is 5.78. The van der Waals surface area contributed by atoms with E-state index in [0.29, 0.717) is 6.08 Å². The first-order chi connectivity index (χ1) is 8.40. The molecule has 0 aromatic heterocycles. The van der Waals surface area contributed by atoms with Crippen molar-refractivity contribution in [3.05, 3.63) is 45.5 Å². The average molecular weight is 271 g/mol. The number of benzene rings is 1. The molecule has 1 aromatic carbocycles. The zero-order chi connectivity index (χ0) is 13.7. The molecule has 0 saturated carbocycles. The first kappa shape index (κ1) is 13.7. The molecule has 0 unspecified atom stereocenters. The van der Waals surface area contributed by atoms with Gasteiger partial charge in [0.2, 0.25) is 5.91 Å². The van der Waals surface area contributed by atoms with Crippen molar-refractivity contribution in [3.8, 4) is 0 Å². The van der Waals surface area contributed by atoms with Crippen LogP contribution in [0.2, 0.25) is 5.02 Å². The number of rotatable bonds is 4. The van der Waals surface area contributed by atoms with E-state index in [1.807, 2.05) is 0 Å². The van der Waals surface area contributed by atoms with Crippen LogP contribution in [0.5, 0.6) is 0 Å². The summed E-state index contributed by atoms with van der Waals surface area (Å²) in [6.45, 7) is 0. The van der Waals surface area contributed by atoms with Crippen LogP contribution in [-0.4, -0.2) is 21.9 Å². The standard InChI is InChI=1S/C10H7ClN2O5/c11-7-5-6(13(17)18)1-2-8(7)12-9(14)3-4-10(15)16/h1-5H,(H,12,14)(H,15,16)/b4-3+. The number of nitrogens with zero attached hydrogens (tertiary/aromatic N) is 1. The molecule has 0 atom stereocenters. The van der Waals surface area contributed by atoms with Crippen molar-refractivity contribution in [1.29, 1.82) is 0 Å². The van der Waals surface area contributed by atoms with Gasteiger partial charge >= 0.3 is 5.97 Å². The van der Waals surface area contributed by atoms with Gasteiger partial charge in [-0.2, -0.15) is 0 Å². The molecule has 0 aliphatic rings. The lowest BCUT2D eigenvalue weighted by atomic mass is 10.3. The summed E-state index contributed by atoms with van der Waals surface area (Å²) in [6.07, 6.45) is 1.47. The summed E-state index contributed by atoms with van der Waals surface area (Å²) in [5.41, 5.74) is -0.0543. The van der Waals surface area contributed by atoms with E-state index in [1.165, 1.54) is 12.1 Å². The molecule has 0 aliphatic heterocycles. The first-order valence-corrected chi connectivity index (χ1v) is 4.94. The molecule has 0 heterocycles. The number of nitrogens with one attached hydrogen (secondary N) is 1. The SMILES string of the molecule is O=C(O)/C=C/C(=O)Nc1ccc([N+](=O)[O-])cc1Cl. The van der Waals surface area contributed by atoms with Crippen molar-refractivity contribution in [2.75, 3.05) is 5.32 Å². The van der Waals surface area contributed by atoms with E-state index in [4.69, 9.17) is 16.7 Å². The number of carbonyl (C=O) groups is 2. The number of aliphatic carboxylic acids is 1. The molecule has 94 valence electrons. The average Bonchev–Trinajstić information content (AvgIpc) is 2.29. The van der Waals surface area contributed by atoms with Crippen molar-refractivity contribution >= 4 is 34.9 Å². The summed E-state index contributed by atoms with van der Waals surface area (Å²) >= 11 is 5.72. The van der Waals surface area contributed by atoms with Gasteiger partial charge in [-0.1, -0.05) is 11.6 Å². The summed E-state index contributed by atoms with van der Waals surface area (Å²) < 4.78 is 0. The Morgan fingerprint density at radius 3 is 2.56 bits per heavy atom. The highest BCUT2D eigenvalue weighted by molar-refractivity contribution is 6.34. The Kier molecular flexibility index (Phi) is 4.39. The predicted molar refractivity (Wildman–Crippen MR) is 63.5 cm³/mol. The highest BCUT2D eigenvalue weighted by atomic mass is 35.5. The number of hydrogen-bond acceptors (Lipinski definition) is 4. The lowest BCUT2D eigenvalue weighted by Crippen LogP contribution is -2.09. The van der Waals surface area contributed by atoms with Crippen LogP contribution in [0, 0.1) is 10.1 Å². The Balaban J connectivity index is 2.83. The fourth-order valence-electron chi connectivity index (χ4n) is 1.04. The van der Waals surface area contributed by atoms with Crippen LogP contribution in [-0.2, 0) is 9.59 Å². The summed E-state index contributed by atoms with van der Waals surface area (Å²) in [6, 6.07) is 3.51. The summed E-state index contributed by atoms with van der Waals surface area (Å²) in [5.74, 6) is -1.96. The third kappa shape index (κ3) is 3.87. The number of carbonyl (C=O) groups excluding carboxylic acids is 1. The van der Waals surface area contributed by atoms with Gasteiger partial charge in [-0.25, -0.2) is 4.79 Å². The van der Waals surface area contributed by atoms with Crippen LogP contribution in [0.25, 0.3) is 0 Å². The Hall–Kier alpha value is -2.41. The third-order valence-corrected chi connectivity index (χ3v) is 2.11. The molecule has 0 fully saturated rings. The van der Waals surface area contributed by atoms with Crippen LogP contribution in [0.3, 0.4) is 0 Å². The van der Waals surface area contributed by atoms with Crippen LogP contribution in [0.15, 0.2) is 30.4 Å². The van der Waals surface area contributed by atoms with E-state index in [-0.39, 0.29) is 16.4 Å². The van der Waals surface area contributed by atoms with Gasteiger partial charge in [0, 0.05) is 24.3 Å². The van der Waals surface area contributed by atoms with Crippen molar-refractivity contribution < 1.29 is 19.6 Å². The van der Waals surface area contributed by atoms with E-state index in [9.17, 15) is 19.7 Å². The number of nitro benzene ring substituents is 1. The maximum absolute atomic E-state index is 11.2. The molecular weight excluding hydrogens is 264 g/mol. The Morgan fingerprint density at radius 2 is 2.06 bits per heavy atom. The van der Waals surface area contributed by atoms with Gasteiger partial charge in [0.15, 0.2) is 0 Å². The zero-order valence-electron chi connectivity index (χ0n) is 8.79. The van der Waals surface area contributed by atoms with Crippen molar-refractivity contribution in [3.63, 3.8) is 0 Å². The normalized spacial score (nSPS) is 10.3. The molecule has 1 rings (SSSR count). The molecule has 7 nitrogen and oxygen atoms in total. The molecule has 0 spiro atoms. The summed E-state index contributed by atoms with van der Waals surface area (Å²) in [5, 5.41) is 21.0. The minimum absolute atomic E-state index is 0.0127. The van der Waals surface area contributed by atoms with E-state index in [0.717, 1.165) is 12.1 Å². The highest BCUT2D eigenvalue weighted by Crippen LogP contribution is 2.26. The first-order valence-electron chi connectivity index (χ1n) is 4.56. The molecule has 8 heteroatoms. The van der Waals surface area contributed by atoms with E-state index in [2.05, 4.69) is 5.32 Å². The predicted octanol–water partition coefficient (Wildman–Crippen LogP) is 1.83. The van der Waals surface area contributed by atoms with Gasteiger partial charge in [0.25, 0.3) is 5.69 Å². The smallest absolute Gasteiger partial charge is 0.328 e. The lowest BCUT2D eigenvalue weighted by Gasteiger charge is -2.04. The summed E-state index contributed by atoms with van der Waals surface area (Å²) in [4.78, 5) is 31.2. The van der Waals surface area contributed by atoms with Crippen molar-refractivity contribution in [1.82, 2.24) is 0 Å². The van der Waals surface area contributed by atoms with Gasteiger partial charge < -0.3 is 10.4 Å². The molecule has 2 N–H and O–H groups in total. The third-order valence-electron chi connectivity index (χ3n) is 1.80. The van der Waals surface area contributed by atoms with Crippen LogP contribution >= 0.6 is 11.6 Å². The molecule has 0 aliphatic carbocycles. The highest BCUT2D eigenvalue weighted by Gasteiger charge is 2.10. The van der Waals surface area contributed by atoms with Crippen LogP contribution in [0.4, 0.5) is 11.4 Å². The number of carboxylic acids is 1. The second-order valence-electron chi connectivity index (χ2n) is 3.08. The maximum Gasteiger partial charge on any atom is 0.328 e. The maximum atomic E-state index is 11.2. The van der Waals surface area contributed by atoms with Crippen LogP contribution in [0.1, 0.15) is 0 Å².